The number of halogens is 6. The van der Waals surface area contributed by atoms with Gasteiger partial charge >= 0.3 is 6.18 Å². The Morgan fingerprint density at radius 2 is 1.67 bits per heavy atom. The van der Waals surface area contributed by atoms with Gasteiger partial charge in [0.2, 0.25) is 5.96 Å². The van der Waals surface area contributed by atoms with E-state index < -0.39 is 35.8 Å². The standard InChI is InChI=1S/C36H41Cl2F4N3O/c1-4-8-22(2)15-26(17-24-9-6-5-7-10-24)33(21-32(36(40,41)42)31-16-23(31)3)44-35(43-30-19-28(38)18-29(39)20-30)45-34(46)25-11-13-27(37)14-12-25/h5-7,9-14,18-20,22-23,26,31-33H,4,8,15-17,21H2,1-3H3,(H2,43,44,45,46). The van der Waals surface area contributed by atoms with Crippen LogP contribution in [0.3, 0.4) is 0 Å². The number of rotatable bonds is 13. The van der Waals surface area contributed by atoms with Gasteiger partial charge in [0, 0.05) is 21.3 Å². The molecule has 2 N–H and O–H groups in total. The van der Waals surface area contributed by atoms with Crippen molar-refractivity contribution in [1.82, 2.24) is 5.32 Å². The lowest BCUT2D eigenvalue weighted by molar-refractivity contribution is -0.185. The predicted molar refractivity (Wildman–Crippen MR) is 179 cm³/mol. The van der Waals surface area contributed by atoms with Crippen molar-refractivity contribution in [2.45, 2.75) is 71.5 Å². The number of amides is 1. The maximum Gasteiger partial charge on any atom is 0.392 e. The summed E-state index contributed by atoms with van der Waals surface area (Å²) < 4.78 is 58.3. The van der Waals surface area contributed by atoms with Crippen molar-refractivity contribution < 1.29 is 22.4 Å². The van der Waals surface area contributed by atoms with E-state index in [0.29, 0.717) is 24.3 Å². The molecule has 1 amide bonds. The highest BCUT2D eigenvalue weighted by Crippen LogP contribution is 2.52. The van der Waals surface area contributed by atoms with Crippen LogP contribution in [0.2, 0.25) is 10.0 Å². The van der Waals surface area contributed by atoms with E-state index in [1.54, 1.807) is 12.1 Å². The Balaban J connectivity index is 1.80. The van der Waals surface area contributed by atoms with Crippen LogP contribution in [0.15, 0.2) is 77.8 Å². The highest BCUT2D eigenvalue weighted by atomic mass is 35.5. The zero-order chi connectivity index (χ0) is 33.4. The van der Waals surface area contributed by atoms with Crippen LogP contribution in [0.25, 0.3) is 0 Å². The molecule has 0 heterocycles. The van der Waals surface area contributed by atoms with Gasteiger partial charge in [-0.3, -0.25) is 10.1 Å². The quantitative estimate of drug-likeness (QED) is 0.107. The summed E-state index contributed by atoms with van der Waals surface area (Å²) in [4.78, 5) is 18.3. The van der Waals surface area contributed by atoms with Crippen molar-refractivity contribution in [1.29, 1.82) is 0 Å². The molecule has 1 saturated carbocycles. The molecule has 0 spiro atoms. The molecule has 1 aliphatic carbocycles. The van der Waals surface area contributed by atoms with E-state index in [1.165, 1.54) is 24.3 Å². The Morgan fingerprint density at radius 1 is 1.00 bits per heavy atom. The average Bonchev–Trinajstić information content (AvgIpc) is 3.70. The summed E-state index contributed by atoms with van der Waals surface area (Å²) in [7, 11) is 0. The summed E-state index contributed by atoms with van der Waals surface area (Å²) in [5, 5.41) is 6.25. The van der Waals surface area contributed by atoms with Gasteiger partial charge in [0.15, 0.2) is 0 Å². The van der Waals surface area contributed by atoms with Crippen molar-refractivity contribution >= 4 is 40.8 Å². The number of aliphatic imine (C=N–C) groups is 1. The minimum absolute atomic E-state index is 0.0283. The molecule has 0 saturated heterocycles. The molecule has 4 rings (SSSR count). The van der Waals surface area contributed by atoms with E-state index in [4.69, 9.17) is 28.2 Å². The number of carbonyl (C=O) groups is 1. The SMILES string of the molecule is CCCC(C)CC(Cc1ccccc1)C(CC(C1CC1C)C(F)(F)F)N=C(NC(=O)c1ccc(Cl)cc1)Nc1cc(F)cc(Cl)c1. The van der Waals surface area contributed by atoms with Gasteiger partial charge < -0.3 is 5.32 Å². The third-order valence-corrected chi connectivity index (χ3v) is 9.20. The Hall–Kier alpha value is -3.10. The molecule has 1 aliphatic rings. The molecule has 248 valence electrons. The van der Waals surface area contributed by atoms with Crippen LogP contribution in [-0.2, 0) is 6.42 Å². The number of hydrogen-bond donors (Lipinski definition) is 2. The highest BCUT2D eigenvalue weighted by molar-refractivity contribution is 6.31. The fraction of sp³-hybridized carbons (Fsp3) is 0.444. The van der Waals surface area contributed by atoms with Crippen LogP contribution < -0.4 is 10.6 Å². The molecule has 4 nitrogen and oxygen atoms in total. The van der Waals surface area contributed by atoms with Crippen LogP contribution in [0, 0.1) is 35.4 Å². The average molecular weight is 679 g/mol. The topological polar surface area (TPSA) is 53.5 Å². The van der Waals surface area contributed by atoms with Crippen molar-refractivity contribution in [3.63, 3.8) is 0 Å². The minimum atomic E-state index is -4.41. The molecular weight excluding hydrogens is 637 g/mol. The number of anilines is 1. The third-order valence-electron chi connectivity index (χ3n) is 8.73. The van der Waals surface area contributed by atoms with Gasteiger partial charge in [-0.05, 0) is 97.4 Å². The van der Waals surface area contributed by atoms with Crippen LogP contribution in [0.4, 0.5) is 23.2 Å². The molecule has 3 aromatic rings. The fourth-order valence-corrected chi connectivity index (χ4v) is 6.65. The van der Waals surface area contributed by atoms with E-state index in [9.17, 15) is 22.4 Å². The molecule has 0 bridgehead atoms. The molecule has 0 radical (unpaired) electrons. The number of benzene rings is 3. The molecule has 0 aliphatic heterocycles. The van der Waals surface area contributed by atoms with Crippen molar-refractivity contribution in [2.75, 3.05) is 5.32 Å². The number of carbonyl (C=O) groups excluding carboxylic acids is 1. The number of guanidine groups is 1. The molecular formula is C36H41Cl2F4N3O. The van der Waals surface area contributed by atoms with E-state index in [2.05, 4.69) is 24.5 Å². The second-order valence-electron chi connectivity index (χ2n) is 12.6. The van der Waals surface area contributed by atoms with Crippen LogP contribution >= 0.6 is 23.2 Å². The summed E-state index contributed by atoms with van der Waals surface area (Å²) >= 11 is 12.1. The van der Waals surface area contributed by atoms with Gasteiger partial charge in [-0.1, -0.05) is 87.1 Å². The van der Waals surface area contributed by atoms with E-state index >= 15 is 0 Å². The summed E-state index contributed by atoms with van der Waals surface area (Å²) in [5.41, 5.74) is 1.46. The number of nitrogens with one attached hydrogen (secondary N) is 2. The van der Waals surface area contributed by atoms with Gasteiger partial charge in [-0.15, -0.1) is 0 Å². The first kappa shape index (κ1) is 35.7. The molecule has 3 aromatic carbocycles. The van der Waals surface area contributed by atoms with Crippen molar-refractivity contribution in [2.24, 2.45) is 34.6 Å². The zero-order valence-electron chi connectivity index (χ0n) is 26.3. The predicted octanol–water partition coefficient (Wildman–Crippen LogP) is 10.6. The minimum Gasteiger partial charge on any atom is -0.326 e. The first-order chi connectivity index (χ1) is 21.8. The molecule has 1 fully saturated rings. The molecule has 10 heteroatoms. The maximum atomic E-state index is 14.7. The lowest BCUT2D eigenvalue weighted by atomic mass is 9.79. The molecule has 0 aromatic heterocycles. The third kappa shape index (κ3) is 10.7. The number of hydrogen-bond acceptors (Lipinski definition) is 2. The van der Waals surface area contributed by atoms with E-state index in [0.717, 1.165) is 24.5 Å². The van der Waals surface area contributed by atoms with Gasteiger partial charge in [0.25, 0.3) is 5.91 Å². The Kier molecular flexibility index (Phi) is 12.5. The Labute approximate surface area is 279 Å². The van der Waals surface area contributed by atoms with Gasteiger partial charge in [0.1, 0.15) is 5.82 Å². The summed E-state index contributed by atoms with van der Waals surface area (Å²) in [5.74, 6) is -3.35. The van der Waals surface area contributed by atoms with Gasteiger partial charge in [-0.2, -0.15) is 13.2 Å². The fourth-order valence-electron chi connectivity index (χ4n) is 6.30. The first-order valence-corrected chi connectivity index (χ1v) is 16.6. The first-order valence-electron chi connectivity index (χ1n) is 15.8. The molecule has 6 atom stereocenters. The molecule has 46 heavy (non-hydrogen) atoms. The Bertz CT molecular complexity index is 1450. The van der Waals surface area contributed by atoms with Crippen LogP contribution in [0.5, 0.6) is 0 Å². The second kappa shape index (κ2) is 16.1. The lowest BCUT2D eigenvalue weighted by Crippen LogP contribution is -2.40. The lowest BCUT2D eigenvalue weighted by Gasteiger charge is -2.32. The second-order valence-corrected chi connectivity index (χ2v) is 13.5. The van der Waals surface area contributed by atoms with Crippen molar-refractivity contribution in [3.05, 3.63) is 99.8 Å². The van der Waals surface area contributed by atoms with E-state index in [-0.39, 0.29) is 46.4 Å². The van der Waals surface area contributed by atoms with E-state index in [1.807, 2.05) is 37.3 Å². The smallest absolute Gasteiger partial charge is 0.326 e. The highest BCUT2D eigenvalue weighted by Gasteiger charge is 2.53. The normalized spacial score (nSPS) is 19.2. The van der Waals surface area contributed by atoms with Crippen LogP contribution in [0.1, 0.15) is 68.8 Å². The summed E-state index contributed by atoms with van der Waals surface area (Å²) in [6.45, 7) is 6.05. The van der Waals surface area contributed by atoms with Gasteiger partial charge in [-0.25, -0.2) is 9.38 Å². The largest absolute Gasteiger partial charge is 0.392 e. The zero-order valence-corrected chi connectivity index (χ0v) is 27.8. The maximum absolute atomic E-state index is 14.7. The summed E-state index contributed by atoms with van der Waals surface area (Å²) in [6, 6.07) is 18.8. The van der Waals surface area contributed by atoms with Crippen LogP contribution in [-0.4, -0.2) is 24.1 Å². The van der Waals surface area contributed by atoms with Gasteiger partial charge in [0.05, 0.1) is 12.0 Å². The van der Waals surface area contributed by atoms with Crippen molar-refractivity contribution in [3.8, 4) is 0 Å². The number of alkyl halides is 3. The monoisotopic (exact) mass is 677 g/mol. The number of nitrogens with zero attached hydrogens (tertiary/aromatic N) is 1. The summed E-state index contributed by atoms with van der Waals surface area (Å²) in [6.07, 6.45) is -1.11. The molecule has 6 unspecified atom stereocenters. The Morgan fingerprint density at radius 3 is 2.26 bits per heavy atom.